The van der Waals surface area contributed by atoms with E-state index in [2.05, 4.69) is 41.5 Å². The molecule has 0 aliphatic heterocycles. The minimum atomic E-state index is -0.189. The first-order valence-electron chi connectivity index (χ1n) is 6.95. The number of benzene rings is 1. The highest BCUT2D eigenvalue weighted by atomic mass is 16.3. The van der Waals surface area contributed by atoms with Crippen molar-refractivity contribution >= 4 is 26.6 Å². The van der Waals surface area contributed by atoms with Gasteiger partial charge in [-0.25, -0.2) is 0 Å². The van der Waals surface area contributed by atoms with Gasteiger partial charge in [-0.15, -0.1) is 0 Å². The number of fused-ring (bicyclic) bond motifs is 1. The lowest BCUT2D eigenvalue weighted by Gasteiger charge is -2.44. The van der Waals surface area contributed by atoms with Gasteiger partial charge in [0, 0.05) is 5.56 Å². The number of hydrogen-bond acceptors (Lipinski definition) is 2. The molecule has 1 aliphatic carbocycles. The molecule has 1 aromatic carbocycles. The van der Waals surface area contributed by atoms with Crippen LogP contribution in [-0.4, -0.2) is 25.9 Å². The second kappa shape index (κ2) is 3.53. The Labute approximate surface area is 118 Å². The highest BCUT2D eigenvalue weighted by molar-refractivity contribution is 6.51. The molecule has 0 bridgehead atoms. The Bertz CT molecular complexity index is 523. The van der Waals surface area contributed by atoms with Crippen molar-refractivity contribution in [3.8, 4) is 11.5 Å². The maximum Gasteiger partial charge on any atom is 0.160 e. The minimum Gasteiger partial charge on any atom is -0.505 e. The monoisotopic (exact) mass is 258 g/mol. The summed E-state index contributed by atoms with van der Waals surface area (Å²) < 4.78 is 0. The molecular weight excluding hydrogens is 234 g/mol. The number of phenols is 2. The Kier molecular flexibility index (Phi) is 2.67. The molecule has 1 aromatic rings. The third-order valence-corrected chi connectivity index (χ3v) is 6.38. The summed E-state index contributed by atoms with van der Waals surface area (Å²) in [4.78, 5) is 0. The maximum absolute atomic E-state index is 10.5. The lowest BCUT2D eigenvalue weighted by molar-refractivity contribution is 0.124. The maximum atomic E-state index is 10.5. The van der Waals surface area contributed by atoms with Gasteiger partial charge in [-0.3, -0.25) is 0 Å². The summed E-state index contributed by atoms with van der Waals surface area (Å²) in [5.74, 6) is 0.111. The molecule has 1 aliphatic rings. The van der Waals surface area contributed by atoms with Gasteiger partial charge in [0.15, 0.2) is 11.5 Å². The molecule has 0 radical (unpaired) electrons. The molecule has 0 heterocycles. The van der Waals surface area contributed by atoms with Crippen molar-refractivity contribution in [1.29, 1.82) is 0 Å². The summed E-state index contributed by atoms with van der Waals surface area (Å²) in [6.07, 6.45) is 0. The highest BCUT2D eigenvalue weighted by Crippen LogP contribution is 2.63. The zero-order valence-electron chi connectivity index (χ0n) is 13.4. The van der Waals surface area contributed by atoms with Gasteiger partial charge in [0.1, 0.15) is 15.7 Å². The van der Waals surface area contributed by atoms with E-state index in [0.29, 0.717) is 0 Å². The molecule has 0 unspecified atom stereocenters. The number of phenolic OH excluding ortho intramolecular Hbond substituents is 2. The van der Waals surface area contributed by atoms with E-state index in [9.17, 15) is 10.2 Å². The van der Waals surface area contributed by atoms with Crippen LogP contribution in [-0.2, 0) is 10.8 Å². The second-order valence-corrected chi connectivity index (χ2v) is 7.57. The number of aromatic hydroxyl groups is 2. The van der Waals surface area contributed by atoms with Crippen molar-refractivity contribution < 1.29 is 10.2 Å². The molecule has 0 spiro atoms. The van der Waals surface area contributed by atoms with E-state index < -0.39 is 0 Å². The molecule has 0 amide bonds. The van der Waals surface area contributed by atoms with Crippen LogP contribution in [0, 0.1) is 5.41 Å². The van der Waals surface area contributed by atoms with Crippen molar-refractivity contribution in [1.82, 2.24) is 0 Å². The first-order chi connectivity index (χ1) is 8.39. The van der Waals surface area contributed by atoms with Gasteiger partial charge < -0.3 is 10.2 Å². The van der Waals surface area contributed by atoms with Crippen LogP contribution in [0.4, 0.5) is 0 Å². The molecular formula is C15H24B2O2. The Balaban J connectivity index is 3.02. The van der Waals surface area contributed by atoms with E-state index in [1.54, 1.807) is 0 Å². The van der Waals surface area contributed by atoms with Crippen LogP contribution in [0.2, 0.25) is 0 Å². The smallest absolute Gasteiger partial charge is 0.160 e. The third kappa shape index (κ3) is 1.35. The van der Waals surface area contributed by atoms with Gasteiger partial charge in [-0.2, -0.15) is 0 Å². The van der Waals surface area contributed by atoms with Crippen LogP contribution >= 0.6 is 0 Å². The first kappa shape index (κ1) is 14.4. The van der Waals surface area contributed by atoms with Crippen LogP contribution in [0.1, 0.15) is 52.7 Å². The summed E-state index contributed by atoms with van der Waals surface area (Å²) in [5.41, 5.74) is 3.77. The molecule has 2 rings (SSSR count). The lowest BCUT2D eigenvalue weighted by atomic mass is 9.58. The fourth-order valence-electron chi connectivity index (χ4n) is 3.76. The molecule has 0 saturated heterocycles. The van der Waals surface area contributed by atoms with E-state index in [4.69, 9.17) is 0 Å². The SMILES string of the molecule is Bc1c(B)c2c(c(O)c1O)C(C)(C)C(C)(C)C2(C)C. The van der Waals surface area contributed by atoms with E-state index in [0.717, 1.165) is 16.5 Å². The summed E-state index contributed by atoms with van der Waals surface area (Å²) in [6.45, 7) is 13.3. The van der Waals surface area contributed by atoms with Gasteiger partial charge in [0.25, 0.3) is 0 Å². The molecule has 2 nitrogen and oxygen atoms in total. The quantitative estimate of drug-likeness (QED) is 0.516. The normalized spacial score (nSPS) is 22.2. The molecule has 2 N–H and O–H groups in total. The Morgan fingerprint density at radius 3 is 1.58 bits per heavy atom. The van der Waals surface area contributed by atoms with E-state index in [1.807, 2.05) is 15.7 Å². The Hall–Kier alpha value is -1.05. The van der Waals surface area contributed by atoms with E-state index in [-0.39, 0.29) is 27.7 Å². The standard InChI is InChI=1S/C15H24B2O2/c1-13(2)7-8(14(3,4)15(13,5)6)11(18)12(19)10(17)9(7)16/h18-19H,16-17H2,1-6H3. The molecule has 0 aromatic heterocycles. The summed E-state index contributed by atoms with van der Waals surface area (Å²) in [5, 5.41) is 20.6. The molecule has 19 heavy (non-hydrogen) atoms. The van der Waals surface area contributed by atoms with E-state index >= 15 is 0 Å². The summed E-state index contributed by atoms with van der Waals surface area (Å²) >= 11 is 0. The van der Waals surface area contributed by atoms with Gasteiger partial charge >= 0.3 is 0 Å². The zero-order valence-corrected chi connectivity index (χ0v) is 13.4. The van der Waals surface area contributed by atoms with Crippen molar-refractivity contribution in [3.05, 3.63) is 11.1 Å². The zero-order chi connectivity index (χ0) is 15.0. The van der Waals surface area contributed by atoms with Crippen molar-refractivity contribution in [3.63, 3.8) is 0 Å². The number of rotatable bonds is 0. The van der Waals surface area contributed by atoms with Gasteiger partial charge in [0.05, 0.1) is 0 Å². The Morgan fingerprint density at radius 2 is 1.11 bits per heavy atom. The average molecular weight is 258 g/mol. The van der Waals surface area contributed by atoms with Crippen molar-refractivity contribution in [2.24, 2.45) is 5.41 Å². The molecule has 102 valence electrons. The third-order valence-electron chi connectivity index (χ3n) is 6.38. The predicted octanol–water partition coefficient (Wildman–Crippen LogP) is 0.210. The fraction of sp³-hybridized carbons (Fsp3) is 0.600. The highest BCUT2D eigenvalue weighted by Gasteiger charge is 2.58. The van der Waals surface area contributed by atoms with Gasteiger partial charge in [-0.1, -0.05) is 52.5 Å². The van der Waals surface area contributed by atoms with Gasteiger partial charge in [-0.05, 0) is 21.8 Å². The van der Waals surface area contributed by atoms with Gasteiger partial charge in [0.2, 0.25) is 0 Å². The first-order valence-corrected chi connectivity index (χ1v) is 6.95. The van der Waals surface area contributed by atoms with Crippen LogP contribution in [0.3, 0.4) is 0 Å². The van der Waals surface area contributed by atoms with Crippen LogP contribution in [0.5, 0.6) is 11.5 Å². The largest absolute Gasteiger partial charge is 0.505 e. The Morgan fingerprint density at radius 1 is 0.684 bits per heavy atom. The van der Waals surface area contributed by atoms with Crippen LogP contribution < -0.4 is 10.9 Å². The fourth-order valence-corrected chi connectivity index (χ4v) is 3.76. The topological polar surface area (TPSA) is 40.5 Å². The molecule has 0 fully saturated rings. The summed E-state index contributed by atoms with van der Waals surface area (Å²) in [7, 11) is 3.92. The van der Waals surface area contributed by atoms with Crippen LogP contribution in [0.15, 0.2) is 0 Å². The minimum absolute atomic E-state index is 0.00912. The van der Waals surface area contributed by atoms with Crippen LogP contribution in [0.25, 0.3) is 0 Å². The molecule has 0 saturated carbocycles. The van der Waals surface area contributed by atoms with Crippen molar-refractivity contribution in [2.45, 2.75) is 52.4 Å². The molecule has 4 heteroatoms. The predicted molar refractivity (Wildman–Crippen MR) is 86.0 cm³/mol. The molecule has 0 atom stereocenters. The van der Waals surface area contributed by atoms with E-state index in [1.165, 1.54) is 5.56 Å². The second-order valence-electron chi connectivity index (χ2n) is 7.57. The average Bonchev–Trinajstić information content (AvgIpc) is 2.39. The van der Waals surface area contributed by atoms with Crippen molar-refractivity contribution in [2.75, 3.05) is 0 Å². The summed E-state index contributed by atoms with van der Waals surface area (Å²) in [6, 6.07) is 0. The lowest BCUT2D eigenvalue weighted by Crippen LogP contribution is -2.44. The number of hydrogen-bond donors (Lipinski definition) is 2.